The quantitative estimate of drug-likeness (QED) is 0.855. The summed E-state index contributed by atoms with van der Waals surface area (Å²) in [5, 5.41) is 9.39. The van der Waals surface area contributed by atoms with Crippen LogP contribution in [0.5, 0.6) is 0 Å². The van der Waals surface area contributed by atoms with Crippen LogP contribution in [-0.4, -0.2) is 31.4 Å². The molecule has 0 spiro atoms. The molecule has 0 radical (unpaired) electrons. The Bertz CT molecular complexity index is 580. The molecule has 0 unspecified atom stereocenters. The fraction of sp³-hybridized carbons (Fsp3) is 0.250. The molecule has 0 saturated carbocycles. The zero-order valence-corrected chi connectivity index (χ0v) is 10.9. The highest BCUT2D eigenvalue weighted by atomic mass is 32.2. The first-order valence-electron chi connectivity index (χ1n) is 5.39. The van der Waals surface area contributed by atoms with Crippen LogP contribution in [0.3, 0.4) is 0 Å². The van der Waals surface area contributed by atoms with E-state index in [0.29, 0.717) is 5.16 Å². The Labute approximate surface area is 109 Å². The van der Waals surface area contributed by atoms with Gasteiger partial charge in [-0.25, -0.2) is 4.98 Å². The maximum Gasteiger partial charge on any atom is 0.313 e. The van der Waals surface area contributed by atoms with Crippen molar-refractivity contribution in [3.05, 3.63) is 35.9 Å². The standard InChI is InChI=1S/C12H13N3O2S/c1-8-3-10(5-13-4-8)15-6-9(2)14-12(15)18-7-11(16)17/h3-6H,7H2,1-2H3,(H,16,17). The second-order valence-electron chi connectivity index (χ2n) is 3.94. The van der Waals surface area contributed by atoms with Crippen molar-refractivity contribution in [1.82, 2.24) is 14.5 Å². The molecule has 0 saturated heterocycles. The minimum absolute atomic E-state index is 0.00427. The highest BCUT2D eigenvalue weighted by molar-refractivity contribution is 7.99. The van der Waals surface area contributed by atoms with E-state index in [1.54, 1.807) is 12.4 Å². The molecule has 94 valence electrons. The predicted octanol–water partition coefficient (Wildman–Crippen LogP) is 2.06. The van der Waals surface area contributed by atoms with Crippen LogP contribution in [0.15, 0.2) is 29.8 Å². The second kappa shape index (κ2) is 5.22. The lowest BCUT2D eigenvalue weighted by molar-refractivity contribution is -0.133. The van der Waals surface area contributed by atoms with Gasteiger partial charge >= 0.3 is 5.97 Å². The Morgan fingerprint density at radius 3 is 2.89 bits per heavy atom. The molecule has 0 atom stereocenters. The molecular formula is C12H13N3O2S. The molecule has 0 aliphatic rings. The molecule has 0 amide bonds. The number of pyridine rings is 1. The highest BCUT2D eigenvalue weighted by Gasteiger charge is 2.10. The molecule has 18 heavy (non-hydrogen) atoms. The Hall–Kier alpha value is -1.82. The average molecular weight is 263 g/mol. The Balaban J connectivity index is 2.35. The van der Waals surface area contributed by atoms with E-state index in [1.165, 1.54) is 11.8 Å². The number of aromatic nitrogens is 3. The van der Waals surface area contributed by atoms with Crippen LogP contribution >= 0.6 is 11.8 Å². The van der Waals surface area contributed by atoms with Gasteiger partial charge in [0.15, 0.2) is 5.16 Å². The van der Waals surface area contributed by atoms with Gasteiger partial charge in [-0.2, -0.15) is 0 Å². The molecule has 0 aliphatic heterocycles. The lowest BCUT2D eigenvalue weighted by atomic mass is 10.3. The predicted molar refractivity (Wildman–Crippen MR) is 69.2 cm³/mol. The van der Waals surface area contributed by atoms with E-state index < -0.39 is 5.97 Å². The number of aryl methyl sites for hydroxylation is 2. The summed E-state index contributed by atoms with van der Waals surface area (Å²) in [4.78, 5) is 19.1. The molecule has 2 aromatic rings. The summed E-state index contributed by atoms with van der Waals surface area (Å²) in [5.41, 5.74) is 2.79. The number of carboxylic acids is 1. The lowest BCUT2D eigenvalue weighted by Crippen LogP contribution is -2.01. The van der Waals surface area contributed by atoms with Crippen molar-refractivity contribution in [2.24, 2.45) is 0 Å². The fourth-order valence-electron chi connectivity index (χ4n) is 1.56. The average Bonchev–Trinajstić information content (AvgIpc) is 2.68. The Kier molecular flexibility index (Phi) is 3.66. The molecule has 2 aromatic heterocycles. The summed E-state index contributed by atoms with van der Waals surface area (Å²) in [7, 11) is 0. The Morgan fingerprint density at radius 1 is 1.44 bits per heavy atom. The van der Waals surface area contributed by atoms with Crippen LogP contribution in [-0.2, 0) is 4.79 Å². The molecule has 0 bridgehead atoms. The number of imidazole rings is 1. The number of thioether (sulfide) groups is 1. The molecule has 2 heterocycles. The van der Waals surface area contributed by atoms with Gasteiger partial charge in [-0.15, -0.1) is 0 Å². The van der Waals surface area contributed by atoms with Gasteiger partial charge in [0.1, 0.15) is 0 Å². The summed E-state index contributed by atoms with van der Waals surface area (Å²) in [6.45, 7) is 3.84. The zero-order chi connectivity index (χ0) is 13.1. The summed E-state index contributed by atoms with van der Waals surface area (Å²) in [6.07, 6.45) is 5.39. The molecular weight excluding hydrogens is 250 g/mol. The van der Waals surface area contributed by atoms with Crippen LogP contribution in [0, 0.1) is 13.8 Å². The maximum absolute atomic E-state index is 10.6. The van der Waals surface area contributed by atoms with Gasteiger partial charge in [-0.3, -0.25) is 14.3 Å². The highest BCUT2D eigenvalue weighted by Crippen LogP contribution is 2.21. The van der Waals surface area contributed by atoms with Crippen LogP contribution in [0.1, 0.15) is 11.3 Å². The fourth-order valence-corrected chi connectivity index (χ4v) is 2.32. The summed E-state index contributed by atoms with van der Waals surface area (Å²) in [5.74, 6) is -0.857. The number of rotatable bonds is 4. The molecule has 0 fully saturated rings. The van der Waals surface area contributed by atoms with Gasteiger partial charge in [0.05, 0.1) is 23.3 Å². The van der Waals surface area contributed by atoms with Gasteiger partial charge in [0, 0.05) is 12.4 Å². The van der Waals surface area contributed by atoms with Crippen LogP contribution in [0.4, 0.5) is 0 Å². The minimum atomic E-state index is -0.852. The van der Waals surface area contributed by atoms with E-state index in [0.717, 1.165) is 16.9 Å². The molecule has 0 aromatic carbocycles. The van der Waals surface area contributed by atoms with Gasteiger partial charge < -0.3 is 5.11 Å². The zero-order valence-electron chi connectivity index (χ0n) is 10.1. The van der Waals surface area contributed by atoms with E-state index in [1.807, 2.05) is 30.7 Å². The normalized spacial score (nSPS) is 10.6. The van der Waals surface area contributed by atoms with Crippen LogP contribution < -0.4 is 0 Å². The van der Waals surface area contributed by atoms with Gasteiger partial charge in [0.25, 0.3) is 0 Å². The monoisotopic (exact) mass is 263 g/mol. The number of nitrogens with zero attached hydrogens (tertiary/aromatic N) is 3. The van der Waals surface area contributed by atoms with Crippen molar-refractivity contribution in [3.63, 3.8) is 0 Å². The van der Waals surface area contributed by atoms with Crippen molar-refractivity contribution in [2.45, 2.75) is 19.0 Å². The third kappa shape index (κ3) is 2.89. The first-order valence-corrected chi connectivity index (χ1v) is 6.37. The van der Waals surface area contributed by atoms with Crippen molar-refractivity contribution in [2.75, 3.05) is 5.75 Å². The number of carbonyl (C=O) groups is 1. The topological polar surface area (TPSA) is 68.0 Å². The number of hydrogen-bond acceptors (Lipinski definition) is 4. The largest absolute Gasteiger partial charge is 0.481 e. The molecule has 6 heteroatoms. The minimum Gasteiger partial charge on any atom is -0.481 e. The third-order valence-electron chi connectivity index (χ3n) is 2.26. The van der Waals surface area contributed by atoms with Crippen molar-refractivity contribution in [1.29, 1.82) is 0 Å². The number of hydrogen-bond donors (Lipinski definition) is 1. The summed E-state index contributed by atoms with van der Waals surface area (Å²) < 4.78 is 1.86. The third-order valence-corrected chi connectivity index (χ3v) is 3.19. The van der Waals surface area contributed by atoms with Gasteiger partial charge in [0.2, 0.25) is 0 Å². The summed E-state index contributed by atoms with van der Waals surface area (Å²) in [6, 6.07) is 1.99. The van der Waals surface area contributed by atoms with Crippen LogP contribution in [0.2, 0.25) is 0 Å². The summed E-state index contributed by atoms with van der Waals surface area (Å²) >= 11 is 1.20. The van der Waals surface area contributed by atoms with E-state index in [2.05, 4.69) is 9.97 Å². The first kappa shape index (κ1) is 12.6. The van der Waals surface area contributed by atoms with E-state index in [9.17, 15) is 4.79 Å². The van der Waals surface area contributed by atoms with Gasteiger partial charge in [-0.05, 0) is 25.5 Å². The molecule has 5 nitrogen and oxygen atoms in total. The van der Waals surface area contributed by atoms with Crippen molar-refractivity contribution < 1.29 is 9.90 Å². The maximum atomic E-state index is 10.6. The van der Waals surface area contributed by atoms with Crippen molar-refractivity contribution >= 4 is 17.7 Å². The van der Waals surface area contributed by atoms with E-state index >= 15 is 0 Å². The lowest BCUT2D eigenvalue weighted by Gasteiger charge is -2.06. The smallest absolute Gasteiger partial charge is 0.313 e. The Morgan fingerprint density at radius 2 is 2.22 bits per heavy atom. The van der Waals surface area contributed by atoms with Crippen LogP contribution in [0.25, 0.3) is 5.69 Å². The second-order valence-corrected chi connectivity index (χ2v) is 4.88. The molecule has 0 aliphatic carbocycles. The number of carboxylic acid groups (broad SMARTS) is 1. The van der Waals surface area contributed by atoms with Crippen molar-refractivity contribution in [3.8, 4) is 5.69 Å². The SMILES string of the molecule is Cc1cncc(-n2cc(C)nc2SCC(=O)O)c1. The van der Waals surface area contributed by atoms with E-state index in [4.69, 9.17) is 5.11 Å². The molecule has 2 rings (SSSR count). The number of aliphatic carboxylic acids is 1. The molecule has 1 N–H and O–H groups in total. The van der Waals surface area contributed by atoms with Gasteiger partial charge in [-0.1, -0.05) is 11.8 Å². The first-order chi connectivity index (χ1) is 8.56. The van der Waals surface area contributed by atoms with E-state index in [-0.39, 0.29) is 5.75 Å².